The van der Waals surface area contributed by atoms with E-state index in [1.165, 1.54) is 0 Å². The van der Waals surface area contributed by atoms with E-state index < -0.39 is 24.0 Å². The van der Waals surface area contributed by atoms with Crippen molar-refractivity contribution in [1.82, 2.24) is 0 Å². The van der Waals surface area contributed by atoms with Gasteiger partial charge in [-0.25, -0.2) is 0 Å². The minimum absolute atomic E-state index is 0. The van der Waals surface area contributed by atoms with E-state index in [1.54, 1.807) is 0 Å². The Balaban J connectivity index is -0.000000277. The van der Waals surface area contributed by atoms with Crippen molar-refractivity contribution >= 4 is 24.3 Å². The van der Waals surface area contributed by atoms with Gasteiger partial charge in [-0.1, -0.05) is 6.42 Å². The lowest BCUT2D eigenvalue weighted by molar-refractivity contribution is -0.139. The quantitative estimate of drug-likeness (QED) is 0.296. The highest BCUT2D eigenvalue weighted by Gasteiger charge is 2.09. The smallest absolute Gasteiger partial charge is 0.320 e. The SMILES string of the molecule is Cl.NCCCC(N)C(=O)O.NCCCCC(N)C(=O)O. The van der Waals surface area contributed by atoms with Gasteiger partial charge in [0.15, 0.2) is 0 Å². The molecule has 2 unspecified atom stereocenters. The average Bonchev–Trinajstić information content (AvgIpc) is 2.36. The molecule has 0 aliphatic rings. The first kappa shape index (κ1) is 24.1. The topological polar surface area (TPSA) is 179 Å². The maximum atomic E-state index is 10.1. The fraction of sp³-hybridized carbons (Fsp3) is 0.818. The Morgan fingerprint density at radius 2 is 1.15 bits per heavy atom. The largest absolute Gasteiger partial charge is 0.480 e. The van der Waals surface area contributed by atoms with Gasteiger partial charge in [-0.05, 0) is 38.8 Å². The zero-order valence-corrected chi connectivity index (χ0v) is 12.3. The molecule has 0 amide bonds. The number of carboxylic acid groups (broad SMARTS) is 2. The molecule has 0 heterocycles. The Kier molecular flexibility index (Phi) is 19.4. The number of unbranched alkanes of at least 4 members (excludes halogenated alkanes) is 1. The fourth-order valence-corrected chi connectivity index (χ4v) is 1.09. The fourth-order valence-electron chi connectivity index (χ4n) is 1.09. The lowest BCUT2D eigenvalue weighted by atomic mass is 10.1. The van der Waals surface area contributed by atoms with Crippen LogP contribution in [0, 0.1) is 0 Å². The van der Waals surface area contributed by atoms with Crippen LogP contribution in [0.2, 0.25) is 0 Å². The van der Waals surface area contributed by atoms with E-state index in [9.17, 15) is 9.59 Å². The average molecular weight is 315 g/mol. The third-order valence-electron chi connectivity index (χ3n) is 2.32. The Morgan fingerprint density at radius 3 is 1.45 bits per heavy atom. The summed E-state index contributed by atoms with van der Waals surface area (Å²) < 4.78 is 0. The van der Waals surface area contributed by atoms with E-state index in [0.717, 1.165) is 12.8 Å². The second-order valence-electron chi connectivity index (χ2n) is 4.10. The van der Waals surface area contributed by atoms with Gasteiger partial charge < -0.3 is 33.1 Å². The zero-order valence-electron chi connectivity index (χ0n) is 11.5. The van der Waals surface area contributed by atoms with Crippen molar-refractivity contribution in [3.8, 4) is 0 Å². The van der Waals surface area contributed by atoms with Crippen molar-refractivity contribution in [2.45, 2.75) is 44.2 Å². The summed E-state index contributed by atoms with van der Waals surface area (Å²) in [7, 11) is 0. The molecule has 122 valence electrons. The number of nitrogens with two attached hydrogens (primary N) is 4. The first-order chi connectivity index (χ1) is 8.86. The number of rotatable bonds is 9. The van der Waals surface area contributed by atoms with Gasteiger partial charge in [-0.3, -0.25) is 9.59 Å². The Labute approximate surface area is 125 Å². The summed E-state index contributed by atoms with van der Waals surface area (Å²) in [4.78, 5) is 20.2. The molecule has 2 atom stereocenters. The molecule has 8 nitrogen and oxygen atoms in total. The van der Waals surface area contributed by atoms with Crippen LogP contribution in [0.4, 0.5) is 0 Å². The maximum Gasteiger partial charge on any atom is 0.320 e. The summed E-state index contributed by atoms with van der Waals surface area (Å²) in [5.41, 5.74) is 20.7. The number of carbonyl (C=O) groups is 2. The van der Waals surface area contributed by atoms with Gasteiger partial charge in [0.25, 0.3) is 0 Å². The summed E-state index contributed by atoms with van der Waals surface area (Å²) in [6, 6.07) is -1.46. The highest BCUT2D eigenvalue weighted by molar-refractivity contribution is 5.85. The van der Waals surface area contributed by atoms with Crippen molar-refractivity contribution < 1.29 is 19.8 Å². The lowest BCUT2D eigenvalue weighted by Gasteiger charge is -2.03. The molecule has 0 spiro atoms. The van der Waals surface area contributed by atoms with Gasteiger partial charge in [0.2, 0.25) is 0 Å². The zero-order chi connectivity index (χ0) is 15.3. The minimum Gasteiger partial charge on any atom is -0.480 e. The van der Waals surface area contributed by atoms with Crippen molar-refractivity contribution in [1.29, 1.82) is 0 Å². The Morgan fingerprint density at radius 1 is 0.800 bits per heavy atom. The molecular weight excluding hydrogens is 288 g/mol. The molecule has 0 rings (SSSR count). The van der Waals surface area contributed by atoms with Crippen LogP contribution in [0.5, 0.6) is 0 Å². The van der Waals surface area contributed by atoms with E-state index in [-0.39, 0.29) is 12.4 Å². The first-order valence-corrected chi connectivity index (χ1v) is 6.23. The van der Waals surface area contributed by atoms with Crippen LogP contribution in [-0.4, -0.2) is 47.3 Å². The molecule has 0 fully saturated rings. The normalized spacial score (nSPS) is 12.4. The van der Waals surface area contributed by atoms with Crippen molar-refractivity contribution in [3.05, 3.63) is 0 Å². The van der Waals surface area contributed by atoms with Crippen LogP contribution in [0.25, 0.3) is 0 Å². The second-order valence-corrected chi connectivity index (χ2v) is 4.10. The van der Waals surface area contributed by atoms with Gasteiger partial charge >= 0.3 is 11.9 Å². The third kappa shape index (κ3) is 17.1. The summed E-state index contributed by atoms with van der Waals surface area (Å²) in [5, 5.41) is 16.6. The molecule has 0 aromatic rings. The summed E-state index contributed by atoms with van der Waals surface area (Å²) in [6.07, 6.45) is 3.30. The molecule has 20 heavy (non-hydrogen) atoms. The molecule has 0 aliphatic carbocycles. The van der Waals surface area contributed by atoms with E-state index in [4.69, 9.17) is 33.1 Å². The molecule has 0 radical (unpaired) electrons. The van der Waals surface area contributed by atoms with E-state index in [0.29, 0.717) is 32.4 Å². The summed E-state index contributed by atoms with van der Waals surface area (Å²) >= 11 is 0. The summed E-state index contributed by atoms with van der Waals surface area (Å²) in [6.45, 7) is 1.10. The van der Waals surface area contributed by atoms with Crippen LogP contribution in [0.1, 0.15) is 32.1 Å². The van der Waals surface area contributed by atoms with Gasteiger partial charge in [0.1, 0.15) is 12.1 Å². The van der Waals surface area contributed by atoms with Crippen LogP contribution in [0.15, 0.2) is 0 Å². The second kappa shape index (κ2) is 16.1. The Hall–Kier alpha value is -0.930. The molecule has 0 bridgehead atoms. The van der Waals surface area contributed by atoms with Crippen LogP contribution in [-0.2, 0) is 9.59 Å². The standard InChI is InChI=1S/C6H14N2O2.C5H12N2O2.ClH/c7-4-2-1-3-5(8)6(9)10;6-3-1-2-4(7)5(8)9;/h5H,1-4,7-8H2,(H,9,10);4H,1-3,6-7H2,(H,8,9);1H. The Bertz CT molecular complexity index is 257. The van der Waals surface area contributed by atoms with Gasteiger partial charge in [-0.15, -0.1) is 12.4 Å². The van der Waals surface area contributed by atoms with E-state index >= 15 is 0 Å². The lowest BCUT2D eigenvalue weighted by Crippen LogP contribution is -2.30. The monoisotopic (exact) mass is 314 g/mol. The highest BCUT2D eigenvalue weighted by atomic mass is 35.5. The molecule has 0 aromatic heterocycles. The van der Waals surface area contributed by atoms with Crippen LogP contribution >= 0.6 is 12.4 Å². The summed E-state index contributed by atoms with van der Waals surface area (Å²) in [5.74, 6) is -1.89. The molecule has 0 aromatic carbocycles. The number of aliphatic carboxylic acids is 2. The molecule has 0 saturated heterocycles. The minimum atomic E-state index is -0.955. The predicted octanol–water partition coefficient (Wildman–Crippen LogP) is -0.914. The van der Waals surface area contributed by atoms with E-state index in [1.807, 2.05) is 0 Å². The third-order valence-corrected chi connectivity index (χ3v) is 2.32. The number of carboxylic acids is 2. The van der Waals surface area contributed by atoms with Crippen LogP contribution in [0.3, 0.4) is 0 Å². The number of hydrogen-bond donors (Lipinski definition) is 6. The van der Waals surface area contributed by atoms with Crippen molar-refractivity contribution in [2.75, 3.05) is 13.1 Å². The number of halogens is 1. The van der Waals surface area contributed by atoms with Crippen molar-refractivity contribution in [3.63, 3.8) is 0 Å². The predicted molar refractivity (Wildman–Crippen MR) is 79.7 cm³/mol. The molecule has 10 N–H and O–H groups in total. The first-order valence-electron chi connectivity index (χ1n) is 6.23. The highest BCUT2D eigenvalue weighted by Crippen LogP contribution is 1.97. The van der Waals surface area contributed by atoms with Crippen LogP contribution < -0.4 is 22.9 Å². The van der Waals surface area contributed by atoms with Gasteiger partial charge in [0.05, 0.1) is 0 Å². The molecule has 0 aliphatic heterocycles. The molecule has 0 saturated carbocycles. The van der Waals surface area contributed by atoms with Crippen molar-refractivity contribution in [2.24, 2.45) is 22.9 Å². The van der Waals surface area contributed by atoms with Gasteiger partial charge in [-0.2, -0.15) is 0 Å². The molecule has 9 heteroatoms. The van der Waals surface area contributed by atoms with Gasteiger partial charge in [0, 0.05) is 0 Å². The molecular formula is C11H27ClN4O4. The number of hydrogen-bond acceptors (Lipinski definition) is 6. The van der Waals surface area contributed by atoms with E-state index in [2.05, 4.69) is 0 Å². The maximum absolute atomic E-state index is 10.1.